The van der Waals surface area contributed by atoms with Gasteiger partial charge in [-0.15, -0.1) is 0 Å². The molecule has 1 aliphatic carbocycles. The summed E-state index contributed by atoms with van der Waals surface area (Å²) < 4.78 is 5.26. The molecule has 2 aliphatic rings. The molecule has 23 heavy (non-hydrogen) atoms. The van der Waals surface area contributed by atoms with Crippen molar-refractivity contribution in [1.82, 2.24) is 5.32 Å². The molecule has 0 unspecified atom stereocenters. The van der Waals surface area contributed by atoms with Gasteiger partial charge < -0.3 is 20.3 Å². The molecule has 0 saturated carbocycles. The van der Waals surface area contributed by atoms with E-state index in [9.17, 15) is 19.8 Å². The Labute approximate surface area is 133 Å². The second kappa shape index (κ2) is 4.91. The van der Waals surface area contributed by atoms with Gasteiger partial charge in [-0.25, -0.2) is 4.79 Å². The minimum absolute atomic E-state index is 0.186. The number of nitrogens with one attached hydrogen (secondary N) is 1. The smallest absolute Gasteiger partial charge is 0.339 e. The number of fused-ring (bicyclic) bond motifs is 3. The Morgan fingerprint density at radius 2 is 2.00 bits per heavy atom. The normalized spacial score (nSPS) is 29.9. The molecule has 1 aliphatic heterocycles. The monoisotopic (exact) mass is 317 g/mol. The van der Waals surface area contributed by atoms with Crippen molar-refractivity contribution >= 4 is 11.8 Å². The summed E-state index contributed by atoms with van der Waals surface area (Å²) in [6.07, 6.45) is 0.238. The maximum absolute atomic E-state index is 12.7. The number of aliphatic hydroxyl groups is 2. The van der Waals surface area contributed by atoms with Crippen LogP contribution in [0.5, 0.6) is 0 Å². The van der Waals surface area contributed by atoms with Crippen LogP contribution in [0.2, 0.25) is 0 Å². The third kappa shape index (κ3) is 1.82. The van der Waals surface area contributed by atoms with Gasteiger partial charge in [0, 0.05) is 16.8 Å². The maximum atomic E-state index is 12.7. The van der Waals surface area contributed by atoms with Crippen molar-refractivity contribution in [3.63, 3.8) is 0 Å². The second-order valence-electron chi connectivity index (χ2n) is 6.04. The Morgan fingerprint density at radius 3 is 2.65 bits per heavy atom. The van der Waals surface area contributed by atoms with Gasteiger partial charge in [0.25, 0.3) is 0 Å². The van der Waals surface area contributed by atoms with Crippen molar-refractivity contribution in [3.05, 3.63) is 46.7 Å². The quantitative estimate of drug-likeness (QED) is 0.719. The molecule has 1 aromatic rings. The molecule has 6 heteroatoms. The Balaban J connectivity index is 2.11. The van der Waals surface area contributed by atoms with Gasteiger partial charge in [-0.2, -0.15) is 0 Å². The predicted molar refractivity (Wildman–Crippen MR) is 81.3 cm³/mol. The van der Waals surface area contributed by atoms with Crippen LogP contribution in [0, 0.1) is 0 Å². The molecule has 6 nitrogen and oxygen atoms in total. The fourth-order valence-electron chi connectivity index (χ4n) is 3.23. The van der Waals surface area contributed by atoms with Crippen molar-refractivity contribution < 1.29 is 24.5 Å². The zero-order valence-electron chi connectivity index (χ0n) is 13.2. The molecular weight excluding hydrogens is 298 g/mol. The Hall–Kier alpha value is -2.18. The Bertz CT molecular complexity index is 740. The molecule has 0 spiro atoms. The molecule has 0 amide bonds. The summed E-state index contributed by atoms with van der Waals surface area (Å²) in [6, 6.07) is 6.36. The molecule has 0 saturated heterocycles. The minimum atomic E-state index is -2.38. The maximum Gasteiger partial charge on any atom is 0.339 e. The van der Waals surface area contributed by atoms with E-state index in [-0.39, 0.29) is 28.5 Å². The number of carbonyl (C=O) groups excluding carboxylic acids is 2. The van der Waals surface area contributed by atoms with Gasteiger partial charge in [0.1, 0.15) is 5.57 Å². The Morgan fingerprint density at radius 1 is 1.35 bits per heavy atom. The largest absolute Gasteiger partial charge is 0.459 e. The van der Waals surface area contributed by atoms with Crippen LogP contribution >= 0.6 is 0 Å². The second-order valence-corrected chi connectivity index (χ2v) is 6.04. The molecular formula is C17H19NO5. The zero-order chi connectivity index (χ0) is 17.0. The van der Waals surface area contributed by atoms with Crippen LogP contribution in [0.3, 0.4) is 0 Å². The van der Waals surface area contributed by atoms with Gasteiger partial charge in [0.2, 0.25) is 17.1 Å². The predicted octanol–water partition coefficient (Wildman–Crippen LogP) is 0.978. The lowest BCUT2D eigenvalue weighted by Crippen LogP contribution is -2.56. The van der Waals surface area contributed by atoms with Gasteiger partial charge in [-0.05, 0) is 20.3 Å². The van der Waals surface area contributed by atoms with E-state index in [0.29, 0.717) is 6.42 Å². The van der Waals surface area contributed by atoms with Crippen LogP contribution in [0.1, 0.15) is 43.1 Å². The molecule has 3 atom stereocenters. The molecule has 0 aromatic heterocycles. The molecule has 1 aromatic carbocycles. The lowest BCUT2D eigenvalue weighted by atomic mass is 9.85. The fraction of sp³-hybridized carbons (Fsp3) is 0.412. The fourth-order valence-corrected chi connectivity index (χ4v) is 3.23. The van der Waals surface area contributed by atoms with E-state index < -0.39 is 23.1 Å². The average molecular weight is 317 g/mol. The molecule has 122 valence electrons. The van der Waals surface area contributed by atoms with Crippen molar-refractivity contribution in [2.45, 2.75) is 44.6 Å². The van der Waals surface area contributed by atoms with Crippen molar-refractivity contribution in [2.75, 3.05) is 0 Å². The molecule has 0 radical (unpaired) electrons. The van der Waals surface area contributed by atoms with Crippen LogP contribution in [0.15, 0.2) is 35.5 Å². The third-order valence-electron chi connectivity index (χ3n) is 4.61. The first-order valence-electron chi connectivity index (χ1n) is 7.57. The van der Waals surface area contributed by atoms with Crippen LogP contribution in [-0.4, -0.2) is 33.7 Å². The van der Waals surface area contributed by atoms with Crippen LogP contribution in [0.25, 0.3) is 0 Å². The lowest BCUT2D eigenvalue weighted by molar-refractivity contribution is -0.151. The number of benzene rings is 1. The average Bonchev–Trinajstić information content (AvgIpc) is 2.82. The number of hydrogen-bond acceptors (Lipinski definition) is 6. The van der Waals surface area contributed by atoms with Crippen LogP contribution in [0.4, 0.5) is 0 Å². The number of hydrogen-bond donors (Lipinski definition) is 3. The van der Waals surface area contributed by atoms with Crippen molar-refractivity contribution in [1.29, 1.82) is 0 Å². The first kappa shape index (κ1) is 15.7. The van der Waals surface area contributed by atoms with E-state index >= 15 is 0 Å². The van der Waals surface area contributed by atoms with E-state index in [1.165, 1.54) is 13.0 Å². The highest BCUT2D eigenvalue weighted by molar-refractivity contribution is 6.16. The molecule has 1 heterocycles. The number of allylic oxidation sites excluding steroid dienone is 1. The van der Waals surface area contributed by atoms with Crippen LogP contribution in [-0.2, 0) is 15.3 Å². The molecule has 3 rings (SSSR count). The van der Waals surface area contributed by atoms with Crippen molar-refractivity contribution in [3.8, 4) is 0 Å². The topological polar surface area (TPSA) is 95.9 Å². The van der Waals surface area contributed by atoms with Gasteiger partial charge in [-0.1, -0.05) is 31.2 Å². The number of ether oxygens (including phenoxy) is 1. The van der Waals surface area contributed by atoms with E-state index in [4.69, 9.17) is 4.74 Å². The number of carbonyl (C=O) groups is 2. The third-order valence-corrected chi connectivity index (χ3v) is 4.61. The Kier molecular flexibility index (Phi) is 3.35. The summed E-state index contributed by atoms with van der Waals surface area (Å²) in [6.45, 7) is 5.10. The summed E-state index contributed by atoms with van der Waals surface area (Å²) in [5, 5.41) is 24.7. The lowest BCUT2D eigenvalue weighted by Gasteiger charge is -2.32. The molecule has 0 fully saturated rings. The minimum Gasteiger partial charge on any atom is -0.459 e. The van der Waals surface area contributed by atoms with E-state index in [0.717, 1.165) is 0 Å². The SMILES string of the molecule is CC[C@H](C)OC(=O)C1=C(C)N[C@@]2(O)c3ccccc3C(=O)[C@]12O. The summed E-state index contributed by atoms with van der Waals surface area (Å²) in [5.41, 5.74) is -4.02. The van der Waals surface area contributed by atoms with E-state index in [1.54, 1.807) is 25.1 Å². The van der Waals surface area contributed by atoms with Crippen molar-refractivity contribution in [2.24, 2.45) is 0 Å². The summed E-state index contributed by atoms with van der Waals surface area (Å²) in [7, 11) is 0. The summed E-state index contributed by atoms with van der Waals surface area (Å²) >= 11 is 0. The number of rotatable bonds is 3. The summed E-state index contributed by atoms with van der Waals surface area (Å²) in [5.74, 6) is -1.51. The number of Topliss-reactive ketones (excluding diaryl/α,β-unsaturated/α-hetero) is 1. The first-order valence-corrected chi connectivity index (χ1v) is 7.57. The standard InChI is InChI=1S/C17H19NO5/c1-4-9(2)23-15(20)13-10(3)18-17(22)12-8-6-5-7-11(12)14(19)16(13,17)21/h5-9,18,21-22H,4H2,1-3H3/t9-,16+,17+/m0/s1. The molecule has 3 N–H and O–H groups in total. The number of esters is 1. The highest BCUT2D eigenvalue weighted by Gasteiger charge is 2.70. The van der Waals surface area contributed by atoms with Gasteiger partial charge in [0.05, 0.1) is 6.10 Å². The van der Waals surface area contributed by atoms with Gasteiger partial charge >= 0.3 is 5.97 Å². The van der Waals surface area contributed by atoms with Gasteiger partial charge in [-0.3, -0.25) is 4.79 Å². The first-order chi connectivity index (χ1) is 10.8. The van der Waals surface area contributed by atoms with E-state index in [2.05, 4.69) is 5.32 Å². The van der Waals surface area contributed by atoms with E-state index in [1.807, 2.05) is 6.92 Å². The summed E-state index contributed by atoms with van der Waals surface area (Å²) in [4.78, 5) is 25.2. The van der Waals surface area contributed by atoms with Crippen LogP contribution < -0.4 is 5.32 Å². The zero-order valence-corrected chi connectivity index (χ0v) is 13.2. The highest BCUT2D eigenvalue weighted by Crippen LogP contribution is 2.51. The molecule has 0 bridgehead atoms. The highest BCUT2D eigenvalue weighted by atomic mass is 16.5. The number of ketones is 1. The van der Waals surface area contributed by atoms with Gasteiger partial charge in [0.15, 0.2) is 0 Å².